The van der Waals surface area contributed by atoms with E-state index >= 15 is 0 Å². The molecule has 3 rings (SSSR count). The third-order valence-electron chi connectivity index (χ3n) is 5.27. The molecule has 0 aromatic carbocycles. The fourth-order valence-electron chi connectivity index (χ4n) is 3.17. The van der Waals surface area contributed by atoms with Gasteiger partial charge in [-0.1, -0.05) is 0 Å². The molecule has 0 spiro atoms. The molecule has 3 aromatic heterocycles. The molecule has 0 bridgehead atoms. The molecule has 0 saturated heterocycles. The second-order valence-electron chi connectivity index (χ2n) is 8.03. The summed E-state index contributed by atoms with van der Waals surface area (Å²) in [5.41, 5.74) is 0.921. The van der Waals surface area contributed by atoms with E-state index in [1.807, 2.05) is 33.8 Å². The van der Waals surface area contributed by atoms with Crippen LogP contribution >= 0.6 is 0 Å². The van der Waals surface area contributed by atoms with E-state index < -0.39 is 17.4 Å². The number of likely N-dealkylation sites (N-methyl/N-ethyl adjacent to an activating group) is 1. The van der Waals surface area contributed by atoms with Gasteiger partial charge in [-0.25, -0.2) is 14.5 Å². The molecular weight excluding hydrogens is 372 g/mol. The molecule has 3 aromatic rings. The maximum Gasteiger partial charge on any atom is 0.329 e. The number of aryl methyl sites for hydroxylation is 2. The lowest BCUT2D eigenvalue weighted by Gasteiger charge is -2.31. The molecule has 0 aliphatic heterocycles. The second-order valence-corrected chi connectivity index (χ2v) is 8.03. The van der Waals surface area contributed by atoms with Crippen molar-refractivity contribution < 1.29 is 19.1 Å². The Morgan fingerprint density at radius 1 is 1.24 bits per heavy atom. The average molecular weight is 398 g/mol. The van der Waals surface area contributed by atoms with Crippen LogP contribution in [0.25, 0.3) is 22.3 Å². The van der Waals surface area contributed by atoms with Crippen LogP contribution in [-0.2, 0) is 4.79 Å². The van der Waals surface area contributed by atoms with Gasteiger partial charge in [0.05, 0.1) is 22.8 Å². The lowest BCUT2D eigenvalue weighted by molar-refractivity contribution is -0.147. The zero-order chi connectivity index (χ0) is 21.7. The van der Waals surface area contributed by atoms with E-state index in [0.717, 1.165) is 11.3 Å². The number of hydrogen-bond acceptors (Lipinski definition) is 5. The van der Waals surface area contributed by atoms with Gasteiger partial charge in [-0.2, -0.15) is 5.10 Å². The molecule has 8 nitrogen and oxygen atoms in total. The highest BCUT2D eigenvalue weighted by Gasteiger charge is 2.36. The average Bonchev–Trinajstić information content (AvgIpc) is 3.21. The van der Waals surface area contributed by atoms with Gasteiger partial charge in [0, 0.05) is 18.7 Å². The quantitative estimate of drug-likeness (QED) is 0.701. The van der Waals surface area contributed by atoms with Crippen molar-refractivity contribution >= 4 is 22.9 Å². The van der Waals surface area contributed by atoms with E-state index in [4.69, 9.17) is 9.40 Å². The number of furan rings is 1. The van der Waals surface area contributed by atoms with Gasteiger partial charge in [0.15, 0.2) is 5.65 Å². The summed E-state index contributed by atoms with van der Waals surface area (Å²) in [6.07, 6.45) is 1.61. The smallest absolute Gasteiger partial charge is 0.329 e. The minimum Gasteiger partial charge on any atom is -0.480 e. The van der Waals surface area contributed by atoms with Gasteiger partial charge in [-0.05, 0) is 53.7 Å². The van der Waals surface area contributed by atoms with Crippen molar-refractivity contribution in [2.75, 3.05) is 7.05 Å². The summed E-state index contributed by atoms with van der Waals surface area (Å²) in [7, 11) is 1.49. The number of carbonyl (C=O) groups is 2. The third-order valence-corrected chi connectivity index (χ3v) is 5.27. The third kappa shape index (κ3) is 3.39. The largest absolute Gasteiger partial charge is 0.480 e. The van der Waals surface area contributed by atoms with Gasteiger partial charge in [0.2, 0.25) is 0 Å². The van der Waals surface area contributed by atoms with E-state index in [9.17, 15) is 14.7 Å². The Bertz CT molecular complexity index is 1110. The van der Waals surface area contributed by atoms with Crippen LogP contribution in [0.4, 0.5) is 0 Å². The van der Waals surface area contributed by atoms with Gasteiger partial charge in [0.1, 0.15) is 17.1 Å². The second kappa shape index (κ2) is 7.02. The Kier molecular flexibility index (Phi) is 4.98. The number of carboxylic acids is 1. The summed E-state index contributed by atoms with van der Waals surface area (Å²) < 4.78 is 7.39. The lowest BCUT2D eigenvalue weighted by atomic mass is 10.0. The number of aromatic nitrogens is 3. The molecule has 1 amide bonds. The van der Waals surface area contributed by atoms with Crippen LogP contribution in [0, 0.1) is 13.8 Å². The summed E-state index contributed by atoms with van der Waals surface area (Å²) in [4.78, 5) is 31.0. The maximum absolute atomic E-state index is 13.3. The molecule has 3 heterocycles. The maximum atomic E-state index is 13.3. The highest BCUT2D eigenvalue weighted by atomic mass is 16.4. The SMILES string of the molecule is Cc1cc(-c2cc(C(=O)N(C)C(C)(C)C(=O)O)c3cnn(C(C)C)c3n2)c(C)o1. The summed E-state index contributed by atoms with van der Waals surface area (Å²) in [6.45, 7) is 10.6. The fraction of sp³-hybridized carbons (Fsp3) is 0.429. The molecule has 0 atom stereocenters. The highest BCUT2D eigenvalue weighted by Crippen LogP contribution is 2.31. The molecule has 154 valence electrons. The lowest BCUT2D eigenvalue weighted by Crippen LogP contribution is -2.50. The van der Waals surface area contributed by atoms with Gasteiger partial charge in [0.25, 0.3) is 5.91 Å². The number of aliphatic carboxylic acids is 1. The molecule has 8 heteroatoms. The molecular formula is C21H26N4O4. The normalized spacial score (nSPS) is 12.0. The van der Waals surface area contributed by atoms with E-state index in [-0.39, 0.29) is 6.04 Å². The Balaban J connectivity index is 2.27. The van der Waals surface area contributed by atoms with Gasteiger partial charge in [-0.3, -0.25) is 4.79 Å². The predicted molar refractivity (Wildman–Crippen MR) is 109 cm³/mol. The Morgan fingerprint density at radius 3 is 2.41 bits per heavy atom. The topological polar surface area (TPSA) is 101 Å². The van der Waals surface area contributed by atoms with Crippen molar-refractivity contribution in [3.63, 3.8) is 0 Å². The van der Waals surface area contributed by atoms with Crippen molar-refractivity contribution in [2.24, 2.45) is 0 Å². The van der Waals surface area contributed by atoms with Crippen molar-refractivity contribution in [1.29, 1.82) is 0 Å². The van der Waals surface area contributed by atoms with Crippen LogP contribution in [-0.4, -0.2) is 49.2 Å². The van der Waals surface area contributed by atoms with Crippen LogP contribution in [0.15, 0.2) is 22.7 Å². The molecule has 1 N–H and O–H groups in total. The van der Waals surface area contributed by atoms with E-state index in [0.29, 0.717) is 28.1 Å². The molecule has 0 fully saturated rings. The summed E-state index contributed by atoms with van der Waals surface area (Å²) in [5.74, 6) is -0.0540. The number of rotatable bonds is 5. The Hall–Kier alpha value is -3.16. The number of fused-ring (bicyclic) bond motifs is 1. The minimum absolute atomic E-state index is 0.0403. The molecule has 0 aliphatic carbocycles. The van der Waals surface area contributed by atoms with Crippen LogP contribution in [0.1, 0.15) is 55.6 Å². The number of pyridine rings is 1. The van der Waals surface area contributed by atoms with E-state index in [2.05, 4.69) is 5.10 Å². The summed E-state index contributed by atoms with van der Waals surface area (Å²) in [6, 6.07) is 3.60. The fourth-order valence-corrected chi connectivity index (χ4v) is 3.17. The first-order valence-electron chi connectivity index (χ1n) is 9.42. The standard InChI is InChI=1S/C21H26N4O4/c1-11(2)25-18-16(10-22-25)15(19(26)24(7)21(5,6)20(27)28)9-17(23-18)14-8-12(3)29-13(14)4/h8-11H,1-7H3,(H,27,28). The van der Waals surface area contributed by atoms with Crippen molar-refractivity contribution in [3.05, 3.63) is 35.4 Å². The van der Waals surface area contributed by atoms with Crippen LogP contribution in [0.5, 0.6) is 0 Å². The van der Waals surface area contributed by atoms with Crippen LogP contribution in [0.3, 0.4) is 0 Å². The van der Waals surface area contributed by atoms with Crippen LogP contribution in [0.2, 0.25) is 0 Å². The monoisotopic (exact) mass is 398 g/mol. The highest BCUT2D eigenvalue weighted by molar-refractivity contribution is 6.07. The zero-order valence-corrected chi connectivity index (χ0v) is 17.8. The number of nitrogens with zero attached hydrogens (tertiary/aromatic N) is 4. The summed E-state index contributed by atoms with van der Waals surface area (Å²) >= 11 is 0. The van der Waals surface area contributed by atoms with Gasteiger partial charge >= 0.3 is 5.97 Å². The Labute approximate surface area is 169 Å². The molecule has 0 saturated carbocycles. The van der Waals surface area contributed by atoms with Gasteiger partial charge < -0.3 is 14.4 Å². The van der Waals surface area contributed by atoms with Crippen molar-refractivity contribution in [2.45, 2.75) is 53.1 Å². The van der Waals surface area contributed by atoms with Crippen molar-refractivity contribution in [3.8, 4) is 11.3 Å². The van der Waals surface area contributed by atoms with E-state index in [1.54, 1.807) is 16.9 Å². The molecule has 0 radical (unpaired) electrons. The first kappa shape index (κ1) is 20.6. The zero-order valence-electron chi connectivity index (χ0n) is 17.8. The van der Waals surface area contributed by atoms with Crippen LogP contribution < -0.4 is 0 Å². The Morgan fingerprint density at radius 2 is 1.90 bits per heavy atom. The van der Waals surface area contributed by atoms with E-state index in [1.165, 1.54) is 25.8 Å². The number of amides is 1. The first-order chi connectivity index (χ1) is 13.4. The predicted octanol–water partition coefficient (Wildman–Crippen LogP) is 3.82. The molecule has 0 unspecified atom stereocenters. The number of carboxylic acid groups (broad SMARTS) is 1. The minimum atomic E-state index is -1.37. The number of hydrogen-bond donors (Lipinski definition) is 1. The number of carbonyl (C=O) groups excluding carboxylic acids is 1. The van der Waals surface area contributed by atoms with Gasteiger partial charge in [-0.15, -0.1) is 0 Å². The first-order valence-corrected chi connectivity index (χ1v) is 9.42. The molecule has 29 heavy (non-hydrogen) atoms. The van der Waals surface area contributed by atoms with Crippen molar-refractivity contribution in [1.82, 2.24) is 19.7 Å². The summed E-state index contributed by atoms with van der Waals surface area (Å²) in [5, 5.41) is 14.5. The molecule has 0 aliphatic rings.